The average Bonchev–Trinajstić information content (AvgIpc) is 2.26. The van der Waals surface area contributed by atoms with Gasteiger partial charge in [0, 0.05) is 13.2 Å². The molecule has 1 fully saturated rings. The third-order valence-corrected chi connectivity index (χ3v) is 3.94. The number of ether oxygens (including phenoxy) is 1. The van der Waals surface area contributed by atoms with Gasteiger partial charge in [0.25, 0.3) is 0 Å². The second kappa shape index (κ2) is 6.49. The van der Waals surface area contributed by atoms with Gasteiger partial charge in [0.2, 0.25) is 0 Å². The summed E-state index contributed by atoms with van der Waals surface area (Å²) in [5, 5.41) is 3.59. The first-order valence-electron chi connectivity index (χ1n) is 6.39. The van der Waals surface area contributed by atoms with Crippen molar-refractivity contribution in [3.05, 3.63) is 0 Å². The maximum Gasteiger partial charge on any atom is 0.0693 e. The zero-order valence-electron chi connectivity index (χ0n) is 10.8. The molecule has 0 heterocycles. The van der Waals surface area contributed by atoms with E-state index in [1.54, 1.807) is 7.11 Å². The molecule has 2 atom stereocenters. The molecule has 0 aliphatic heterocycles. The standard InChI is InChI=1S/C13H27NO/c1-10-5-7-13(8-6-10)9-14-11(2)12(3)15-4/h10-14H,5-9H2,1-4H3. The second-order valence-electron chi connectivity index (χ2n) is 5.26. The summed E-state index contributed by atoms with van der Waals surface area (Å²) >= 11 is 0. The van der Waals surface area contributed by atoms with Gasteiger partial charge in [0.05, 0.1) is 6.10 Å². The summed E-state index contributed by atoms with van der Waals surface area (Å²) < 4.78 is 5.31. The van der Waals surface area contributed by atoms with Gasteiger partial charge in [-0.3, -0.25) is 0 Å². The summed E-state index contributed by atoms with van der Waals surface area (Å²) in [6, 6.07) is 0.467. The van der Waals surface area contributed by atoms with Crippen molar-refractivity contribution in [2.45, 2.75) is 58.6 Å². The lowest BCUT2D eigenvalue weighted by molar-refractivity contribution is 0.0859. The van der Waals surface area contributed by atoms with E-state index in [9.17, 15) is 0 Å². The van der Waals surface area contributed by atoms with E-state index >= 15 is 0 Å². The molecule has 0 saturated heterocycles. The molecule has 2 nitrogen and oxygen atoms in total. The Morgan fingerprint density at radius 2 is 1.80 bits per heavy atom. The van der Waals surface area contributed by atoms with E-state index in [0.29, 0.717) is 12.1 Å². The van der Waals surface area contributed by atoms with Crippen molar-refractivity contribution >= 4 is 0 Å². The van der Waals surface area contributed by atoms with E-state index in [0.717, 1.165) is 11.8 Å². The lowest BCUT2D eigenvalue weighted by atomic mass is 9.83. The number of rotatable bonds is 5. The van der Waals surface area contributed by atoms with Gasteiger partial charge in [-0.1, -0.05) is 19.8 Å². The third kappa shape index (κ3) is 4.52. The van der Waals surface area contributed by atoms with Crippen LogP contribution in [0.15, 0.2) is 0 Å². The first-order chi connectivity index (χ1) is 7.13. The van der Waals surface area contributed by atoms with E-state index in [1.165, 1.54) is 32.2 Å². The minimum absolute atomic E-state index is 0.313. The van der Waals surface area contributed by atoms with Crippen molar-refractivity contribution in [1.29, 1.82) is 0 Å². The van der Waals surface area contributed by atoms with Crippen LogP contribution in [0.1, 0.15) is 46.5 Å². The van der Waals surface area contributed by atoms with Crippen LogP contribution in [0.4, 0.5) is 0 Å². The molecule has 0 spiro atoms. The van der Waals surface area contributed by atoms with Crippen molar-refractivity contribution in [2.24, 2.45) is 11.8 Å². The summed E-state index contributed by atoms with van der Waals surface area (Å²) in [5.41, 5.74) is 0. The predicted octanol–water partition coefficient (Wildman–Crippen LogP) is 2.83. The highest BCUT2D eigenvalue weighted by Crippen LogP contribution is 2.27. The molecule has 1 saturated carbocycles. The molecule has 2 unspecified atom stereocenters. The maximum absolute atomic E-state index is 5.31. The van der Waals surface area contributed by atoms with Crippen LogP contribution in [0, 0.1) is 11.8 Å². The van der Waals surface area contributed by atoms with E-state index in [-0.39, 0.29) is 0 Å². The highest BCUT2D eigenvalue weighted by Gasteiger charge is 2.19. The first-order valence-corrected chi connectivity index (χ1v) is 6.39. The quantitative estimate of drug-likeness (QED) is 0.758. The fourth-order valence-electron chi connectivity index (χ4n) is 2.26. The highest BCUT2D eigenvalue weighted by atomic mass is 16.5. The number of nitrogens with one attached hydrogen (secondary N) is 1. The number of hydrogen-bond donors (Lipinski definition) is 1. The van der Waals surface area contributed by atoms with Crippen LogP contribution in [0.5, 0.6) is 0 Å². The largest absolute Gasteiger partial charge is 0.380 e. The van der Waals surface area contributed by atoms with Gasteiger partial charge >= 0.3 is 0 Å². The summed E-state index contributed by atoms with van der Waals surface area (Å²) in [4.78, 5) is 0. The molecule has 1 rings (SSSR count). The maximum atomic E-state index is 5.31. The van der Waals surface area contributed by atoms with Gasteiger partial charge in [-0.25, -0.2) is 0 Å². The molecule has 1 aliphatic carbocycles. The van der Waals surface area contributed by atoms with Crippen molar-refractivity contribution in [2.75, 3.05) is 13.7 Å². The summed E-state index contributed by atoms with van der Waals surface area (Å²) in [6.07, 6.45) is 5.96. The Morgan fingerprint density at radius 3 is 2.33 bits per heavy atom. The Balaban J connectivity index is 2.14. The minimum atomic E-state index is 0.313. The van der Waals surface area contributed by atoms with Gasteiger partial charge in [0.1, 0.15) is 0 Å². The summed E-state index contributed by atoms with van der Waals surface area (Å²) in [5.74, 6) is 1.85. The summed E-state index contributed by atoms with van der Waals surface area (Å²) in [6.45, 7) is 7.88. The fourth-order valence-corrected chi connectivity index (χ4v) is 2.26. The van der Waals surface area contributed by atoms with Crippen LogP contribution in [-0.2, 0) is 4.74 Å². The molecule has 2 heteroatoms. The topological polar surface area (TPSA) is 21.3 Å². The van der Waals surface area contributed by atoms with Crippen LogP contribution in [0.3, 0.4) is 0 Å². The minimum Gasteiger partial charge on any atom is -0.380 e. The van der Waals surface area contributed by atoms with Crippen molar-refractivity contribution in [3.8, 4) is 0 Å². The van der Waals surface area contributed by atoms with Gasteiger partial charge in [0.15, 0.2) is 0 Å². The van der Waals surface area contributed by atoms with Crippen LogP contribution in [0.2, 0.25) is 0 Å². The Hall–Kier alpha value is -0.0800. The van der Waals surface area contributed by atoms with Gasteiger partial charge in [-0.05, 0) is 45.1 Å². The van der Waals surface area contributed by atoms with E-state index in [1.807, 2.05) is 0 Å². The zero-order chi connectivity index (χ0) is 11.3. The number of hydrogen-bond acceptors (Lipinski definition) is 2. The monoisotopic (exact) mass is 213 g/mol. The smallest absolute Gasteiger partial charge is 0.0693 e. The second-order valence-corrected chi connectivity index (χ2v) is 5.26. The average molecular weight is 213 g/mol. The van der Waals surface area contributed by atoms with Crippen LogP contribution < -0.4 is 5.32 Å². The zero-order valence-corrected chi connectivity index (χ0v) is 10.8. The Bertz CT molecular complexity index is 164. The molecular weight excluding hydrogens is 186 g/mol. The van der Waals surface area contributed by atoms with Crippen LogP contribution in [0.25, 0.3) is 0 Å². The lowest BCUT2D eigenvalue weighted by Gasteiger charge is -2.28. The van der Waals surface area contributed by atoms with Crippen LogP contribution in [-0.4, -0.2) is 25.8 Å². The highest BCUT2D eigenvalue weighted by molar-refractivity contribution is 4.75. The molecule has 0 aromatic heterocycles. The molecule has 0 bridgehead atoms. The molecular formula is C13H27NO. The van der Waals surface area contributed by atoms with Crippen molar-refractivity contribution in [1.82, 2.24) is 5.32 Å². The Labute approximate surface area is 94.8 Å². The molecule has 90 valence electrons. The molecule has 0 radical (unpaired) electrons. The molecule has 1 N–H and O–H groups in total. The number of methoxy groups -OCH3 is 1. The lowest BCUT2D eigenvalue weighted by Crippen LogP contribution is -2.39. The summed E-state index contributed by atoms with van der Waals surface area (Å²) in [7, 11) is 1.78. The SMILES string of the molecule is COC(C)C(C)NCC1CCC(C)CC1. The first kappa shape index (κ1) is 13.0. The van der Waals surface area contributed by atoms with Crippen molar-refractivity contribution < 1.29 is 4.74 Å². The normalized spacial score (nSPS) is 31.2. The van der Waals surface area contributed by atoms with E-state index in [4.69, 9.17) is 4.74 Å². The molecule has 1 aliphatic rings. The molecule has 15 heavy (non-hydrogen) atoms. The predicted molar refractivity (Wildman–Crippen MR) is 65.1 cm³/mol. The van der Waals surface area contributed by atoms with Gasteiger partial charge in [-0.2, -0.15) is 0 Å². The van der Waals surface area contributed by atoms with Crippen molar-refractivity contribution in [3.63, 3.8) is 0 Å². The fraction of sp³-hybridized carbons (Fsp3) is 1.00. The Kier molecular flexibility index (Phi) is 5.62. The van der Waals surface area contributed by atoms with E-state index in [2.05, 4.69) is 26.1 Å². The van der Waals surface area contributed by atoms with Gasteiger partial charge < -0.3 is 10.1 Å². The molecule has 0 aromatic rings. The molecule has 0 aromatic carbocycles. The van der Waals surface area contributed by atoms with E-state index < -0.39 is 0 Å². The van der Waals surface area contributed by atoms with Crippen LogP contribution >= 0.6 is 0 Å². The molecule has 0 amide bonds. The Morgan fingerprint density at radius 1 is 1.20 bits per heavy atom. The van der Waals surface area contributed by atoms with Gasteiger partial charge in [-0.15, -0.1) is 0 Å². The third-order valence-electron chi connectivity index (χ3n) is 3.94.